The molecular formula is C22H45NO5S. The normalized spacial score (nSPS) is 25.8. The van der Waals surface area contributed by atoms with Crippen LogP contribution in [0.4, 0.5) is 0 Å². The van der Waals surface area contributed by atoms with Crippen LogP contribution in [0, 0.1) is 0 Å². The van der Waals surface area contributed by atoms with Gasteiger partial charge in [0.15, 0.2) is 0 Å². The topological polar surface area (TPSA) is 93.4 Å². The van der Waals surface area contributed by atoms with Crippen LogP contribution < -0.4 is 0 Å². The van der Waals surface area contributed by atoms with Gasteiger partial charge in [0, 0.05) is 13.1 Å². The molecule has 1 unspecified atom stereocenters. The van der Waals surface area contributed by atoms with Gasteiger partial charge >= 0.3 is 0 Å². The zero-order valence-corrected chi connectivity index (χ0v) is 19.4. The van der Waals surface area contributed by atoms with Crippen molar-refractivity contribution in [2.75, 3.05) is 19.7 Å². The highest BCUT2D eigenvalue weighted by Gasteiger charge is 2.46. The summed E-state index contributed by atoms with van der Waals surface area (Å²) in [5.41, 5.74) is -0.614. The van der Waals surface area contributed by atoms with Crippen molar-refractivity contribution in [3.63, 3.8) is 0 Å². The smallest absolute Gasteiger partial charge is 0.146 e. The largest absolute Gasteiger partial charge is 0.394 e. The van der Waals surface area contributed by atoms with E-state index in [1.807, 2.05) is 0 Å². The number of unbranched alkanes of at least 4 members (excludes halogenated alkanes) is 10. The van der Waals surface area contributed by atoms with Gasteiger partial charge in [-0.3, -0.25) is 0 Å². The van der Waals surface area contributed by atoms with E-state index in [1.165, 1.54) is 76.2 Å². The Morgan fingerprint density at radius 3 is 1.76 bits per heavy atom. The van der Waals surface area contributed by atoms with Crippen LogP contribution in [0.3, 0.4) is 0 Å². The van der Waals surface area contributed by atoms with Crippen LogP contribution in [0.5, 0.6) is 0 Å². The summed E-state index contributed by atoms with van der Waals surface area (Å²) in [7, 11) is 0. The molecule has 0 amide bonds. The molecule has 0 aromatic carbocycles. The molecule has 0 aromatic rings. The minimum atomic E-state index is -1.18. The Balaban J connectivity index is 2.46. The predicted molar refractivity (Wildman–Crippen MR) is 120 cm³/mol. The molecule has 0 aliphatic carbocycles. The number of ether oxygens (including phenoxy) is 1. The summed E-state index contributed by atoms with van der Waals surface area (Å²) in [5.74, 6) is 0. The third-order valence-corrected chi connectivity index (χ3v) is 6.86. The molecule has 0 saturated carbocycles. The molecule has 29 heavy (non-hydrogen) atoms. The number of aliphatic hydroxyl groups is 4. The van der Waals surface area contributed by atoms with Gasteiger partial charge in [-0.15, -0.1) is 0 Å². The van der Waals surface area contributed by atoms with Gasteiger partial charge in [0.1, 0.15) is 29.9 Å². The fraction of sp³-hybridized carbons (Fsp3) is 1.00. The minimum absolute atomic E-state index is 0.495. The van der Waals surface area contributed by atoms with E-state index in [-0.39, 0.29) is 0 Å². The first-order chi connectivity index (χ1) is 14.0. The monoisotopic (exact) mass is 435 g/mol. The zero-order chi connectivity index (χ0) is 21.5. The maximum absolute atomic E-state index is 10.3. The third-order valence-electron chi connectivity index (χ3n) is 5.60. The molecule has 0 spiro atoms. The fourth-order valence-electron chi connectivity index (χ4n) is 3.68. The molecule has 4 N–H and O–H groups in total. The number of nitrogens with zero attached hydrogens (tertiary/aromatic N) is 1. The lowest BCUT2D eigenvalue weighted by molar-refractivity contribution is -0.0715. The van der Waals surface area contributed by atoms with Crippen molar-refractivity contribution < 1.29 is 25.2 Å². The van der Waals surface area contributed by atoms with Crippen molar-refractivity contribution >= 4 is 11.9 Å². The Hall–Kier alpha value is 0.110. The first-order valence-corrected chi connectivity index (χ1v) is 12.6. The molecule has 174 valence electrons. The van der Waals surface area contributed by atoms with E-state index in [1.54, 1.807) is 0 Å². The summed E-state index contributed by atoms with van der Waals surface area (Å²) < 4.78 is 7.96. The molecule has 5 atom stereocenters. The standard InChI is InChI=1S/C22H45NO5S/c1-3-5-7-9-11-13-15-23(16-14-12-10-8-6-4-2)29-22-20(27)19(26)21(28-22)18(25)17-24/h18-22,24-27H,3-17H2,1-2H3/t18-,19-,20-,21-,22?/m1/s1. The first-order valence-electron chi connectivity index (χ1n) is 11.8. The Bertz CT molecular complexity index is 374. The Morgan fingerprint density at radius 1 is 0.793 bits per heavy atom. The summed E-state index contributed by atoms with van der Waals surface area (Å²) in [6.45, 7) is 5.82. The number of hydrogen-bond donors (Lipinski definition) is 4. The lowest BCUT2D eigenvalue weighted by atomic mass is 10.1. The van der Waals surface area contributed by atoms with Gasteiger partial charge in [-0.2, -0.15) is 0 Å². The molecule has 1 aliphatic heterocycles. The third kappa shape index (κ3) is 10.8. The fourth-order valence-corrected chi connectivity index (χ4v) is 4.91. The summed E-state index contributed by atoms with van der Waals surface area (Å²) in [6, 6.07) is 0. The molecule has 1 fully saturated rings. The van der Waals surface area contributed by atoms with Gasteiger partial charge in [0.05, 0.1) is 6.61 Å². The maximum Gasteiger partial charge on any atom is 0.146 e. The van der Waals surface area contributed by atoms with Crippen molar-refractivity contribution in [3.05, 3.63) is 0 Å². The van der Waals surface area contributed by atoms with Crippen LogP contribution in [0.25, 0.3) is 0 Å². The highest BCUT2D eigenvalue weighted by atomic mass is 32.2. The first kappa shape index (κ1) is 27.1. The molecule has 7 heteroatoms. The maximum atomic E-state index is 10.3. The average molecular weight is 436 g/mol. The Labute approximate surface area is 182 Å². The Kier molecular flexibility index (Phi) is 15.7. The van der Waals surface area contributed by atoms with E-state index in [9.17, 15) is 15.3 Å². The van der Waals surface area contributed by atoms with E-state index < -0.39 is 36.5 Å². The second-order valence-corrected chi connectivity index (χ2v) is 9.46. The number of aliphatic hydroxyl groups excluding tert-OH is 4. The van der Waals surface area contributed by atoms with Crippen molar-refractivity contribution in [2.45, 2.75) is 121 Å². The molecular weight excluding hydrogens is 390 g/mol. The number of rotatable bonds is 18. The SMILES string of the molecule is CCCCCCCCN(CCCCCCCC)SC1O[C@H]([C@H](O)CO)[C@H](O)[C@H]1O. The number of hydrogen-bond acceptors (Lipinski definition) is 7. The minimum Gasteiger partial charge on any atom is -0.394 e. The van der Waals surface area contributed by atoms with Crippen LogP contribution >= 0.6 is 11.9 Å². The zero-order valence-electron chi connectivity index (χ0n) is 18.5. The van der Waals surface area contributed by atoms with Gasteiger partial charge in [0.2, 0.25) is 0 Å². The lowest BCUT2D eigenvalue weighted by Gasteiger charge is -2.26. The van der Waals surface area contributed by atoms with Gasteiger partial charge in [-0.1, -0.05) is 78.1 Å². The van der Waals surface area contributed by atoms with Crippen LogP contribution in [0.15, 0.2) is 0 Å². The van der Waals surface area contributed by atoms with E-state index >= 15 is 0 Å². The summed E-state index contributed by atoms with van der Waals surface area (Å²) in [4.78, 5) is 0. The molecule has 0 bridgehead atoms. The second kappa shape index (κ2) is 16.8. The van der Waals surface area contributed by atoms with E-state index in [0.29, 0.717) is 0 Å². The molecule has 6 nitrogen and oxygen atoms in total. The summed E-state index contributed by atoms with van der Waals surface area (Å²) >= 11 is 1.44. The van der Waals surface area contributed by atoms with Crippen molar-refractivity contribution in [1.82, 2.24) is 4.31 Å². The highest BCUT2D eigenvalue weighted by Crippen LogP contribution is 2.33. The lowest BCUT2D eigenvalue weighted by Crippen LogP contribution is -2.40. The van der Waals surface area contributed by atoms with Gasteiger partial charge in [-0.05, 0) is 24.8 Å². The molecule has 1 aliphatic rings. The predicted octanol–water partition coefficient (Wildman–Crippen LogP) is 3.46. The quantitative estimate of drug-likeness (QED) is 0.193. The van der Waals surface area contributed by atoms with Gasteiger partial charge in [0.25, 0.3) is 0 Å². The van der Waals surface area contributed by atoms with Gasteiger partial charge < -0.3 is 25.2 Å². The average Bonchev–Trinajstić information content (AvgIpc) is 3.00. The van der Waals surface area contributed by atoms with Crippen molar-refractivity contribution in [2.24, 2.45) is 0 Å². The van der Waals surface area contributed by atoms with Gasteiger partial charge in [-0.25, -0.2) is 4.31 Å². The molecule has 0 aromatic heterocycles. The van der Waals surface area contributed by atoms with E-state index in [0.717, 1.165) is 25.9 Å². The highest BCUT2D eigenvalue weighted by molar-refractivity contribution is 7.97. The van der Waals surface area contributed by atoms with Crippen LogP contribution in [-0.2, 0) is 4.74 Å². The van der Waals surface area contributed by atoms with Crippen molar-refractivity contribution in [3.8, 4) is 0 Å². The summed E-state index contributed by atoms with van der Waals surface area (Å²) in [6.07, 6.45) is 10.4. The second-order valence-electron chi connectivity index (χ2n) is 8.27. The summed E-state index contributed by atoms with van der Waals surface area (Å²) in [5, 5.41) is 39.5. The van der Waals surface area contributed by atoms with E-state index in [2.05, 4.69) is 18.2 Å². The van der Waals surface area contributed by atoms with Crippen LogP contribution in [0.1, 0.15) is 90.9 Å². The molecule has 1 heterocycles. The van der Waals surface area contributed by atoms with E-state index in [4.69, 9.17) is 9.84 Å². The Morgan fingerprint density at radius 2 is 1.28 bits per heavy atom. The van der Waals surface area contributed by atoms with Crippen LogP contribution in [0.2, 0.25) is 0 Å². The molecule has 1 rings (SSSR count). The van der Waals surface area contributed by atoms with Crippen molar-refractivity contribution in [1.29, 1.82) is 0 Å². The van der Waals surface area contributed by atoms with Crippen LogP contribution in [-0.4, -0.2) is 74.3 Å². The molecule has 1 saturated heterocycles. The molecule has 0 radical (unpaired) electrons.